The minimum atomic E-state index is -4.39. The Labute approximate surface area is 490 Å². The van der Waals surface area contributed by atoms with Crippen LogP contribution in [0, 0.1) is 0 Å². The monoisotopic (exact) mass is 1130 g/mol. The van der Waals surface area contributed by atoms with Gasteiger partial charge in [0.25, 0.3) is 0 Å². The van der Waals surface area contributed by atoms with Gasteiger partial charge in [-0.25, -0.2) is 4.57 Å². The summed E-state index contributed by atoms with van der Waals surface area (Å²) in [5.41, 5.74) is 0. The fourth-order valence-corrected chi connectivity index (χ4v) is 10.6. The largest absolute Gasteiger partial charge is 0.472 e. The van der Waals surface area contributed by atoms with E-state index >= 15 is 0 Å². The van der Waals surface area contributed by atoms with Crippen LogP contribution in [-0.4, -0.2) is 74.9 Å². The van der Waals surface area contributed by atoms with Gasteiger partial charge in [0.2, 0.25) is 0 Å². The number of unbranched alkanes of at least 4 members (excludes halogenated alkanes) is 41. The van der Waals surface area contributed by atoms with E-state index in [4.69, 9.17) is 18.5 Å². The van der Waals surface area contributed by atoms with Crippen LogP contribution < -0.4 is 0 Å². The molecule has 0 aromatic carbocycles. The highest BCUT2D eigenvalue weighted by Crippen LogP contribution is 2.43. The zero-order valence-corrected chi connectivity index (χ0v) is 53.8. The molecule has 0 amide bonds. The molecule has 0 saturated heterocycles. The Bertz CT molecular complexity index is 1470. The summed E-state index contributed by atoms with van der Waals surface area (Å²) in [6.07, 6.45) is 78.1. The number of carbonyl (C=O) groups excluding carboxylic acids is 2. The van der Waals surface area contributed by atoms with Crippen LogP contribution in [0.5, 0.6) is 0 Å². The second kappa shape index (κ2) is 60.6. The van der Waals surface area contributed by atoms with Crippen molar-refractivity contribution >= 4 is 19.8 Å². The molecular formula is C69H131NO8P+. The minimum absolute atomic E-state index is 0.0306. The lowest BCUT2D eigenvalue weighted by Crippen LogP contribution is -2.37. The first-order valence-electron chi connectivity index (χ1n) is 33.9. The molecule has 0 fully saturated rings. The highest BCUT2D eigenvalue weighted by Gasteiger charge is 2.27. The topological polar surface area (TPSA) is 108 Å². The van der Waals surface area contributed by atoms with Gasteiger partial charge >= 0.3 is 19.8 Å². The van der Waals surface area contributed by atoms with Crippen LogP contribution >= 0.6 is 7.82 Å². The van der Waals surface area contributed by atoms with Gasteiger partial charge in [-0.3, -0.25) is 18.6 Å². The Morgan fingerprint density at radius 2 is 0.696 bits per heavy atom. The quantitative estimate of drug-likeness (QED) is 0.0211. The van der Waals surface area contributed by atoms with E-state index in [2.05, 4.69) is 62.5 Å². The van der Waals surface area contributed by atoms with Gasteiger partial charge in [0.05, 0.1) is 27.7 Å². The van der Waals surface area contributed by atoms with Crippen LogP contribution in [0.1, 0.15) is 328 Å². The number of nitrogens with zero attached hydrogens (tertiary/aromatic N) is 1. The first-order valence-corrected chi connectivity index (χ1v) is 35.4. The zero-order chi connectivity index (χ0) is 57.7. The van der Waals surface area contributed by atoms with Crippen molar-refractivity contribution in [1.29, 1.82) is 0 Å². The van der Waals surface area contributed by atoms with Crippen LogP contribution in [0.25, 0.3) is 0 Å². The van der Waals surface area contributed by atoms with Crippen molar-refractivity contribution in [3.8, 4) is 0 Å². The number of esters is 2. The molecule has 0 heterocycles. The molecule has 2 unspecified atom stereocenters. The van der Waals surface area contributed by atoms with Gasteiger partial charge in [-0.1, -0.05) is 294 Å². The summed E-state index contributed by atoms with van der Waals surface area (Å²) < 4.78 is 34.6. The van der Waals surface area contributed by atoms with E-state index in [-0.39, 0.29) is 32.0 Å². The average Bonchev–Trinajstić information content (AvgIpc) is 3.41. The molecule has 0 aromatic rings. The van der Waals surface area contributed by atoms with Gasteiger partial charge < -0.3 is 18.9 Å². The maximum absolute atomic E-state index is 12.8. The Morgan fingerprint density at radius 3 is 1.04 bits per heavy atom. The van der Waals surface area contributed by atoms with Crippen molar-refractivity contribution in [1.82, 2.24) is 0 Å². The fraction of sp³-hybridized carbons (Fsp3) is 0.855. The molecule has 10 heteroatoms. The van der Waals surface area contributed by atoms with E-state index in [9.17, 15) is 19.0 Å². The Kier molecular flexibility index (Phi) is 59.0. The fourth-order valence-electron chi connectivity index (χ4n) is 9.83. The molecule has 0 rings (SSSR count). The molecule has 9 nitrogen and oxygen atoms in total. The van der Waals surface area contributed by atoms with Crippen LogP contribution in [-0.2, 0) is 32.7 Å². The van der Waals surface area contributed by atoms with E-state index in [1.54, 1.807) is 0 Å². The number of ether oxygens (including phenoxy) is 2. The number of phosphoric ester groups is 1. The number of hydrogen-bond acceptors (Lipinski definition) is 7. The second-order valence-electron chi connectivity index (χ2n) is 24.2. The summed E-state index contributed by atoms with van der Waals surface area (Å²) in [6.45, 7) is 4.40. The van der Waals surface area contributed by atoms with Crippen LogP contribution in [0.3, 0.4) is 0 Å². The normalized spacial score (nSPS) is 13.4. The van der Waals surface area contributed by atoms with Crippen molar-refractivity contribution in [3.63, 3.8) is 0 Å². The van der Waals surface area contributed by atoms with E-state index in [1.807, 2.05) is 21.1 Å². The smallest absolute Gasteiger partial charge is 0.462 e. The Balaban J connectivity index is 3.84. The average molecular weight is 1130 g/mol. The predicted octanol–water partition coefficient (Wildman–Crippen LogP) is 21.7. The highest BCUT2D eigenvalue weighted by atomic mass is 31.2. The van der Waals surface area contributed by atoms with Gasteiger partial charge in [-0.2, -0.15) is 0 Å². The molecule has 0 aliphatic heterocycles. The van der Waals surface area contributed by atoms with Crippen molar-refractivity contribution < 1.29 is 42.1 Å². The third kappa shape index (κ3) is 65.0. The van der Waals surface area contributed by atoms with Crippen molar-refractivity contribution in [2.24, 2.45) is 0 Å². The Hall–Kier alpha value is -2.03. The number of quaternary nitrogens is 1. The van der Waals surface area contributed by atoms with Crippen LogP contribution in [0.2, 0.25) is 0 Å². The molecule has 2 atom stereocenters. The lowest BCUT2D eigenvalue weighted by molar-refractivity contribution is -0.870. The molecule has 0 radical (unpaired) electrons. The lowest BCUT2D eigenvalue weighted by Gasteiger charge is -2.24. The summed E-state index contributed by atoms with van der Waals surface area (Å²) in [7, 11) is 1.48. The van der Waals surface area contributed by atoms with Gasteiger partial charge in [-0.15, -0.1) is 0 Å². The molecule has 0 aromatic heterocycles. The van der Waals surface area contributed by atoms with E-state index < -0.39 is 26.5 Å². The zero-order valence-electron chi connectivity index (χ0n) is 52.9. The number of allylic oxidation sites excluding steroid dienone is 8. The number of rotatable bonds is 63. The molecule has 0 bridgehead atoms. The van der Waals surface area contributed by atoms with E-state index in [0.29, 0.717) is 17.4 Å². The SMILES string of the molecule is CCCC/C=C\C/C=C\CCCCCCCC(=O)OCC(COP(=O)(O)OCC[N+](C)(C)C)OC(=O)CCCCCCCCCCCCCCCCCCCCCCCCCCCCCCC/C=C\C/C=C\CCCCCCC. The lowest BCUT2D eigenvalue weighted by atomic mass is 10.0. The molecule has 0 aliphatic rings. The number of phosphoric acid groups is 1. The second-order valence-corrected chi connectivity index (χ2v) is 25.7. The summed E-state index contributed by atoms with van der Waals surface area (Å²) in [4.78, 5) is 35.7. The maximum Gasteiger partial charge on any atom is 0.472 e. The number of hydrogen-bond donors (Lipinski definition) is 1. The minimum Gasteiger partial charge on any atom is -0.462 e. The van der Waals surface area contributed by atoms with Crippen LogP contribution in [0.15, 0.2) is 48.6 Å². The standard InChI is InChI=1S/C69H130NO8P/c1-6-8-10-12-14-16-18-20-22-23-24-25-26-27-28-29-30-31-32-33-34-35-36-37-38-39-40-41-42-43-44-45-46-47-48-50-52-54-56-58-60-62-69(72)78-67(66-77-79(73,74)76-64-63-70(3,4)5)65-75-68(71)61-59-57-55-53-51-49-21-19-17-15-13-11-9-7-2/h13,15,18-21,23-24,67H,6-12,14,16-17,22,25-66H2,1-5H3/p+1/b15-13-,20-18-,21-19-,24-23-. The predicted molar refractivity (Wildman–Crippen MR) is 340 cm³/mol. The molecule has 0 saturated carbocycles. The summed E-state index contributed by atoms with van der Waals surface area (Å²) >= 11 is 0. The molecule has 79 heavy (non-hydrogen) atoms. The third-order valence-corrected chi connectivity index (χ3v) is 16.1. The van der Waals surface area contributed by atoms with E-state index in [1.165, 1.54) is 231 Å². The molecule has 1 N–H and O–H groups in total. The van der Waals surface area contributed by atoms with Gasteiger partial charge in [0.1, 0.15) is 19.8 Å². The first kappa shape index (κ1) is 77.0. The third-order valence-electron chi connectivity index (χ3n) is 15.1. The molecular weight excluding hydrogens is 1000 g/mol. The van der Waals surface area contributed by atoms with Gasteiger partial charge in [0, 0.05) is 12.8 Å². The van der Waals surface area contributed by atoms with Crippen molar-refractivity contribution in [2.45, 2.75) is 335 Å². The Morgan fingerprint density at radius 1 is 0.392 bits per heavy atom. The van der Waals surface area contributed by atoms with Crippen LogP contribution in [0.4, 0.5) is 0 Å². The van der Waals surface area contributed by atoms with Gasteiger partial charge in [0.15, 0.2) is 6.10 Å². The summed E-state index contributed by atoms with van der Waals surface area (Å²) in [5.74, 6) is -0.801. The maximum atomic E-state index is 12.8. The first-order chi connectivity index (χ1) is 38.5. The highest BCUT2D eigenvalue weighted by molar-refractivity contribution is 7.47. The van der Waals surface area contributed by atoms with Gasteiger partial charge in [-0.05, 0) is 70.6 Å². The molecule has 464 valence electrons. The summed E-state index contributed by atoms with van der Waals surface area (Å²) in [5, 5.41) is 0. The van der Waals surface area contributed by atoms with Crippen molar-refractivity contribution in [2.75, 3.05) is 47.5 Å². The molecule has 0 aliphatic carbocycles. The van der Waals surface area contributed by atoms with E-state index in [0.717, 1.165) is 64.2 Å². The van der Waals surface area contributed by atoms with Crippen molar-refractivity contribution in [3.05, 3.63) is 48.6 Å². The summed E-state index contributed by atoms with van der Waals surface area (Å²) in [6, 6.07) is 0. The number of likely N-dealkylation sites (N-methyl/N-ethyl adjacent to an activating group) is 1. The number of carbonyl (C=O) groups is 2. The molecule has 0 spiro atoms.